The van der Waals surface area contributed by atoms with E-state index in [-0.39, 0.29) is 11.6 Å². The van der Waals surface area contributed by atoms with Gasteiger partial charge in [0.25, 0.3) is 0 Å². The van der Waals surface area contributed by atoms with Gasteiger partial charge in [-0.3, -0.25) is 9.80 Å². The van der Waals surface area contributed by atoms with Crippen molar-refractivity contribution in [1.29, 1.82) is 0 Å². The molecule has 3 nitrogen and oxygen atoms in total. The number of piperazine rings is 1. The molecule has 3 heteroatoms. The summed E-state index contributed by atoms with van der Waals surface area (Å²) in [4.78, 5) is 5.09. The van der Waals surface area contributed by atoms with Crippen molar-refractivity contribution < 1.29 is 0 Å². The first-order valence-corrected chi connectivity index (χ1v) is 7.29. The van der Waals surface area contributed by atoms with Crippen molar-refractivity contribution in [3.63, 3.8) is 0 Å². The summed E-state index contributed by atoms with van der Waals surface area (Å²) in [6.45, 7) is 8.07. The summed E-state index contributed by atoms with van der Waals surface area (Å²) < 4.78 is 0. The maximum absolute atomic E-state index is 6.30. The molecule has 0 aromatic heterocycles. The highest BCUT2D eigenvalue weighted by molar-refractivity contribution is 5.37. The van der Waals surface area contributed by atoms with Crippen molar-refractivity contribution in [2.45, 2.75) is 37.9 Å². The second-order valence-corrected chi connectivity index (χ2v) is 6.69. The highest BCUT2D eigenvalue weighted by Crippen LogP contribution is 2.42. The van der Waals surface area contributed by atoms with Gasteiger partial charge in [-0.2, -0.15) is 0 Å². The molecule has 0 amide bonds. The molecule has 2 atom stereocenters. The van der Waals surface area contributed by atoms with Gasteiger partial charge in [-0.15, -0.1) is 0 Å². The Bertz CT molecular complexity index is 469. The van der Waals surface area contributed by atoms with Crippen LogP contribution in [0.15, 0.2) is 24.3 Å². The first-order chi connectivity index (χ1) is 8.99. The van der Waals surface area contributed by atoms with E-state index in [4.69, 9.17) is 5.73 Å². The van der Waals surface area contributed by atoms with Crippen molar-refractivity contribution in [3.05, 3.63) is 35.4 Å². The molecule has 1 aliphatic heterocycles. The van der Waals surface area contributed by atoms with Gasteiger partial charge in [0.15, 0.2) is 0 Å². The molecule has 1 heterocycles. The van der Waals surface area contributed by atoms with E-state index in [1.54, 1.807) is 0 Å². The third kappa shape index (κ3) is 2.20. The predicted octanol–water partition coefficient (Wildman–Crippen LogP) is 2.16. The lowest BCUT2D eigenvalue weighted by Gasteiger charge is -2.47. The molecule has 104 valence electrons. The van der Waals surface area contributed by atoms with Crippen LogP contribution in [0, 0.1) is 0 Å². The largest absolute Gasteiger partial charge is 0.324 e. The van der Waals surface area contributed by atoms with Gasteiger partial charge in [-0.25, -0.2) is 0 Å². The molecule has 0 bridgehead atoms. The van der Waals surface area contributed by atoms with Crippen LogP contribution in [0.1, 0.15) is 43.5 Å². The topological polar surface area (TPSA) is 32.5 Å². The molecular formula is C16H25N3. The minimum absolute atomic E-state index is 0.212. The van der Waals surface area contributed by atoms with E-state index >= 15 is 0 Å². The first-order valence-electron chi connectivity index (χ1n) is 7.29. The van der Waals surface area contributed by atoms with Gasteiger partial charge in [-0.05, 0) is 38.4 Å². The molecule has 0 saturated carbocycles. The highest BCUT2D eigenvalue weighted by Gasteiger charge is 2.38. The predicted molar refractivity (Wildman–Crippen MR) is 79.0 cm³/mol. The molecule has 3 rings (SSSR count). The van der Waals surface area contributed by atoms with Crippen molar-refractivity contribution in [1.82, 2.24) is 9.80 Å². The maximum atomic E-state index is 6.30. The molecule has 0 radical (unpaired) electrons. The van der Waals surface area contributed by atoms with Crippen molar-refractivity contribution >= 4 is 0 Å². The van der Waals surface area contributed by atoms with E-state index < -0.39 is 0 Å². The SMILES string of the molecule is CN1CCN(C2CC(N)c3ccccc32)CC1(C)C. The molecular weight excluding hydrogens is 234 g/mol. The fourth-order valence-corrected chi connectivity index (χ4v) is 3.54. The quantitative estimate of drug-likeness (QED) is 0.839. The maximum Gasteiger partial charge on any atom is 0.0370 e. The average molecular weight is 259 g/mol. The van der Waals surface area contributed by atoms with Crippen molar-refractivity contribution in [2.24, 2.45) is 5.73 Å². The molecule has 2 unspecified atom stereocenters. The van der Waals surface area contributed by atoms with Gasteiger partial charge in [0.2, 0.25) is 0 Å². The van der Waals surface area contributed by atoms with E-state index in [0.29, 0.717) is 6.04 Å². The number of nitrogens with two attached hydrogens (primary N) is 1. The zero-order chi connectivity index (χ0) is 13.6. The van der Waals surface area contributed by atoms with Gasteiger partial charge < -0.3 is 5.73 Å². The Hall–Kier alpha value is -0.900. The number of rotatable bonds is 1. The monoisotopic (exact) mass is 259 g/mol. The Balaban J connectivity index is 1.85. The van der Waals surface area contributed by atoms with Crippen LogP contribution >= 0.6 is 0 Å². The van der Waals surface area contributed by atoms with Crippen LogP contribution in [0.25, 0.3) is 0 Å². The highest BCUT2D eigenvalue weighted by atomic mass is 15.3. The van der Waals surface area contributed by atoms with Gasteiger partial charge in [0.1, 0.15) is 0 Å². The summed E-state index contributed by atoms with van der Waals surface area (Å²) in [6, 6.07) is 9.43. The summed E-state index contributed by atoms with van der Waals surface area (Å²) in [5, 5.41) is 0. The molecule has 0 spiro atoms. The molecule has 1 aromatic rings. The second kappa shape index (κ2) is 4.58. The fraction of sp³-hybridized carbons (Fsp3) is 0.625. The van der Waals surface area contributed by atoms with Crippen LogP contribution in [-0.2, 0) is 0 Å². The van der Waals surface area contributed by atoms with Gasteiger partial charge >= 0.3 is 0 Å². The van der Waals surface area contributed by atoms with Crippen molar-refractivity contribution in [2.75, 3.05) is 26.7 Å². The number of nitrogens with zero attached hydrogens (tertiary/aromatic N) is 2. The summed E-state index contributed by atoms with van der Waals surface area (Å²) in [5.74, 6) is 0. The van der Waals surface area contributed by atoms with E-state index in [1.165, 1.54) is 11.1 Å². The van der Waals surface area contributed by atoms with Crippen LogP contribution < -0.4 is 5.73 Å². The summed E-state index contributed by atoms with van der Waals surface area (Å²) >= 11 is 0. The molecule has 2 N–H and O–H groups in total. The molecule has 1 aliphatic carbocycles. The third-order valence-corrected chi connectivity index (χ3v) is 5.02. The lowest BCUT2D eigenvalue weighted by Crippen LogP contribution is -2.58. The lowest BCUT2D eigenvalue weighted by atomic mass is 9.97. The van der Waals surface area contributed by atoms with Gasteiger partial charge in [-0.1, -0.05) is 24.3 Å². The number of hydrogen-bond donors (Lipinski definition) is 1. The molecule has 1 saturated heterocycles. The van der Waals surface area contributed by atoms with Crippen molar-refractivity contribution in [3.8, 4) is 0 Å². The number of fused-ring (bicyclic) bond motifs is 1. The molecule has 19 heavy (non-hydrogen) atoms. The number of hydrogen-bond acceptors (Lipinski definition) is 3. The Morgan fingerprint density at radius 2 is 1.84 bits per heavy atom. The fourth-order valence-electron chi connectivity index (χ4n) is 3.54. The van der Waals surface area contributed by atoms with E-state index in [1.807, 2.05) is 0 Å². The Morgan fingerprint density at radius 3 is 2.53 bits per heavy atom. The second-order valence-electron chi connectivity index (χ2n) is 6.69. The molecule has 2 aliphatic rings. The molecule has 1 fully saturated rings. The Kier molecular flexibility index (Phi) is 3.16. The lowest BCUT2D eigenvalue weighted by molar-refractivity contribution is 0.0154. The normalized spacial score (nSPS) is 31.4. The number of likely N-dealkylation sites (N-methyl/N-ethyl adjacent to an activating group) is 1. The van der Waals surface area contributed by atoms with E-state index in [9.17, 15) is 0 Å². The minimum Gasteiger partial charge on any atom is -0.324 e. The van der Waals surface area contributed by atoms with Crippen LogP contribution in [0.2, 0.25) is 0 Å². The average Bonchev–Trinajstić information content (AvgIpc) is 2.71. The number of benzene rings is 1. The summed E-state index contributed by atoms with van der Waals surface area (Å²) in [5.41, 5.74) is 9.36. The Morgan fingerprint density at radius 1 is 1.16 bits per heavy atom. The zero-order valence-electron chi connectivity index (χ0n) is 12.3. The first kappa shape index (κ1) is 13.1. The Labute approximate surface area is 116 Å². The minimum atomic E-state index is 0.212. The summed E-state index contributed by atoms with van der Waals surface area (Å²) in [7, 11) is 2.23. The van der Waals surface area contributed by atoms with Crippen LogP contribution in [0.4, 0.5) is 0 Å². The van der Waals surface area contributed by atoms with E-state index in [0.717, 1.165) is 26.1 Å². The summed E-state index contributed by atoms with van der Waals surface area (Å²) in [6.07, 6.45) is 1.07. The smallest absolute Gasteiger partial charge is 0.0370 e. The van der Waals surface area contributed by atoms with Crippen LogP contribution in [-0.4, -0.2) is 42.0 Å². The van der Waals surface area contributed by atoms with Crippen LogP contribution in [0.3, 0.4) is 0 Å². The standard InChI is InChI=1S/C16H25N3/c1-16(2)11-19(9-8-18(16)3)15-10-14(17)12-6-4-5-7-13(12)15/h4-7,14-15H,8-11,17H2,1-3H3. The zero-order valence-corrected chi connectivity index (χ0v) is 12.3. The van der Waals surface area contributed by atoms with E-state index in [2.05, 4.69) is 55.0 Å². The van der Waals surface area contributed by atoms with Gasteiger partial charge in [0.05, 0.1) is 0 Å². The van der Waals surface area contributed by atoms with Crippen LogP contribution in [0.5, 0.6) is 0 Å². The molecule has 1 aromatic carbocycles. The van der Waals surface area contributed by atoms with Gasteiger partial charge in [0, 0.05) is 37.3 Å². The third-order valence-electron chi connectivity index (χ3n) is 5.02.